The van der Waals surface area contributed by atoms with E-state index in [0.29, 0.717) is 11.6 Å². The van der Waals surface area contributed by atoms with Crippen molar-refractivity contribution in [2.45, 2.75) is 6.54 Å². The first-order valence-electron chi connectivity index (χ1n) is 4.03. The van der Waals surface area contributed by atoms with Gasteiger partial charge >= 0.3 is 0 Å². The first-order valence-corrected chi connectivity index (χ1v) is 4.41. The fraction of sp³-hybridized carbons (Fsp3) is 0.222. The second-order valence-corrected chi connectivity index (χ2v) is 3.36. The number of aryl methyl sites for hydroxylation is 1. The molecule has 0 atom stereocenters. The zero-order valence-corrected chi connectivity index (χ0v) is 8.04. The Morgan fingerprint density at radius 3 is 3.00 bits per heavy atom. The van der Waals surface area contributed by atoms with Crippen molar-refractivity contribution in [2.24, 2.45) is 12.8 Å². The molecule has 0 amide bonds. The van der Waals surface area contributed by atoms with Crippen molar-refractivity contribution in [3.8, 4) is 0 Å². The number of aromatic nitrogens is 2. The SMILES string of the molecule is Cn1cc2c(Cl)c(CN)ccc2n1. The van der Waals surface area contributed by atoms with Gasteiger partial charge in [-0.3, -0.25) is 4.68 Å². The average Bonchev–Trinajstić information content (AvgIpc) is 2.47. The van der Waals surface area contributed by atoms with Crippen molar-refractivity contribution >= 4 is 22.5 Å². The minimum absolute atomic E-state index is 0.462. The molecule has 0 saturated heterocycles. The molecule has 2 aromatic rings. The Morgan fingerprint density at radius 2 is 2.31 bits per heavy atom. The highest BCUT2D eigenvalue weighted by Gasteiger charge is 2.06. The normalized spacial score (nSPS) is 11.0. The minimum Gasteiger partial charge on any atom is -0.326 e. The highest BCUT2D eigenvalue weighted by molar-refractivity contribution is 6.36. The van der Waals surface area contributed by atoms with Crippen LogP contribution in [0.2, 0.25) is 5.02 Å². The average molecular weight is 196 g/mol. The Hall–Kier alpha value is -1.06. The third-order valence-electron chi connectivity index (χ3n) is 2.04. The highest BCUT2D eigenvalue weighted by atomic mass is 35.5. The molecule has 1 heterocycles. The summed E-state index contributed by atoms with van der Waals surface area (Å²) < 4.78 is 1.75. The van der Waals surface area contributed by atoms with Gasteiger partial charge < -0.3 is 5.73 Å². The Balaban J connectivity index is 2.78. The molecule has 0 spiro atoms. The van der Waals surface area contributed by atoms with Crippen LogP contribution in [0.1, 0.15) is 5.56 Å². The van der Waals surface area contributed by atoms with Crippen LogP contribution in [0.4, 0.5) is 0 Å². The summed E-state index contributed by atoms with van der Waals surface area (Å²) >= 11 is 6.12. The van der Waals surface area contributed by atoms with E-state index in [-0.39, 0.29) is 0 Å². The summed E-state index contributed by atoms with van der Waals surface area (Å²) in [4.78, 5) is 0. The smallest absolute Gasteiger partial charge is 0.0938 e. The van der Waals surface area contributed by atoms with Crippen molar-refractivity contribution in [2.75, 3.05) is 0 Å². The summed E-state index contributed by atoms with van der Waals surface area (Å²) in [5.74, 6) is 0. The van der Waals surface area contributed by atoms with E-state index >= 15 is 0 Å². The Bertz CT molecular complexity index is 447. The molecule has 0 unspecified atom stereocenters. The highest BCUT2D eigenvalue weighted by Crippen LogP contribution is 2.25. The van der Waals surface area contributed by atoms with Gasteiger partial charge in [0.25, 0.3) is 0 Å². The monoisotopic (exact) mass is 195 g/mol. The van der Waals surface area contributed by atoms with Gasteiger partial charge in [0.2, 0.25) is 0 Å². The molecule has 0 radical (unpaired) electrons. The quantitative estimate of drug-likeness (QED) is 0.753. The van der Waals surface area contributed by atoms with Gasteiger partial charge in [0.15, 0.2) is 0 Å². The number of nitrogens with two attached hydrogens (primary N) is 1. The lowest BCUT2D eigenvalue weighted by Gasteiger charge is -1.99. The predicted molar refractivity (Wildman–Crippen MR) is 53.6 cm³/mol. The molecule has 1 aromatic heterocycles. The Morgan fingerprint density at radius 1 is 1.54 bits per heavy atom. The molecule has 2 N–H and O–H groups in total. The molecule has 0 aliphatic rings. The number of rotatable bonds is 1. The van der Waals surface area contributed by atoms with Gasteiger partial charge in [0, 0.05) is 25.2 Å². The molecular formula is C9H10ClN3. The molecule has 2 rings (SSSR count). The van der Waals surface area contributed by atoms with Crippen LogP contribution in [0.25, 0.3) is 10.9 Å². The topological polar surface area (TPSA) is 43.8 Å². The summed E-state index contributed by atoms with van der Waals surface area (Å²) in [7, 11) is 1.87. The molecule has 3 nitrogen and oxygen atoms in total. The first kappa shape index (κ1) is 8.53. The van der Waals surface area contributed by atoms with Crippen LogP contribution < -0.4 is 5.73 Å². The predicted octanol–water partition coefficient (Wildman–Crippen LogP) is 1.69. The fourth-order valence-corrected chi connectivity index (χ4v) is 1.67. The van der Waals surface area contributed by atoms with Gasteiger partial charge in [-0.25, -0.2) is 0 Å². The van der Waals surface area contributed by atoms with E-state index in [4.69, 9.17) is 17.3 Å². The van der Waals surface area contributed by atoms with Crippen molar-refractivity contribution < 1.29 is 0 Å². The van der Waals surface area contributed by atoms with Gasteiger partial charge in [-0.2, -0.15) is 5.10 Å². The van der Waals surface area contributed by atoms with Gasteiger partial charge in [0.1, 0.15) is 0 Å². The number of fused-ring (bicyclic) bond motifs is 1. The van der Waals surface area contributed by atoms with Crippen LogP contribution in [0.3, 0.4) is 0 Å². The lowest BCUT2D eigenvalue weighted by atomic mass is 10.1. The fourth-order valence-electron chi connectivity index (χ4n) is 1.38. The number of nitrogens with zero attached hydrogens (tertiary/aromatic N) is 2. The lowest BCUT2D eigenvalue weighted by molar-refractivity contribution is 0.780. The number of hydrogen-bond acceptors (Lipinski definition) is 2. The summed E-state index contributed by atoms with van der Waals surface area (Å²) in [5.41, 5.74) is 7.40. The number of hydrogen-bond donors (Lipinski definition) is 1. The maximum Gasteiger partial charge on any atom is 0.0938 e. The molecule has 13 heavy (non-hydrogen) atoms. The Kier molecular flexibility index (Phi) is 1.98. The van der Waals surface area contributed by atoms with E-state index in [2.05, 4.69) is 5.10 Å². The summed E-state index contributed by atoms with van der Waals surface area (Å²) in [5, 5.41) is 5.92. The minimum atomic E-state index is 0.462. The van der Waals surface area contributed by atoms with Crippen LogP contribution in [-0.2, 0) is 13.6 Å². The van der Waals surface area contributed by atoms with E-state index in [0.717, 1.165) is 16.5 Å². The van der Waals surface area contributed by atoms with E-state index in [1.165, 1.54) is 0 Å². The summed E-state index contributed by atoms with van der Waals surface area (Å²) in [6.45, 7) is 0.462. The van der Waals surface area contributed by atoms with Crippen molar-refractivity contribution in [1.82, 2.24) is 9.78 Å². The van der Waals surface area contributed by atoms with Crippen LogP contribution in [-0.4, -0.2) is 9.78 Å². The molecular weight excluding hydrogens is 186 g/mol. The van der Waals surface area contributed by atoms with Gasteiger partial charge in [-0.1, -0.05) is 17.7 Å². The number of benzene rings is 1. The molecule has 4 heteroatoms. The zero-order chi connectivity index (χ0) is 9.42. The summed E-state index contributed by atoms with van der Waals surface area (Å²) in [6.07, 6.45) is 1.90. The van der Waals surface area contributed by atoms with Crippen LogP contribution in [0.5, 0.6) is 0 Å². The first-order chi connectivity index (χ1) is 6.22. The van der Waals surface area contributed by atoms with Crippen molar-refractivity contribution in [1.29, 1.82) is 0 Å². The zero-order valence-electron chi connectivity index (χ0n) is 7.29. The maximum absolute atomic E-state index is 6.12. The van der Waals surface area contributed by atoms with Crippen LogP contribution >= 0.6 is 11.6 Å². The van der Waals surface area contributed by atoms with Gasteiger partial charge in [0.05, 0.1) is 10.5 Å². The second kappa shape index (κ2) is 3.01. The molecule has 0 saturated carbocycles. The van der Waals surface area contributed by atoms with Gasteiger partial charge in [-0.15, -0.1) is 0 Å². The van der Waals surface area contributed by atoms with E-state index in [1.54, 1.807) is 4.68 Å². The van der Waals surface area contributed by atoms with Gasteiger partial charge in [-0.05, 0) is 11.6 Å². The van der Waals surface area contributed by atoms with Crippen molar-refractivity contribution in [3.05, 3.63) is 28.9 Å². The van der Waals surface area contributed by atoms with E-state index in [1.807, 2.05) is 25.4 Å². The maximum atomic E-state index is 6.12. The molecule has 0 bridgehead atoms. The van der Waals surface area contributed by atoms with Crippen molar-refractivity contribution in [3.63, 3.8) is 0 Å². The Labute approximate surface area is 81.1 Å². The third-order valence-corrected chi connectivity index (χ3v) is 2.48. The second-order valence-electron chi connectivity index (χ2n) is 2.98. The van der Waals surface area contributed by atoms with Crippen LogP contribution in [0, 0.1) is 0 Å². The molecule has 1 aromatic carbocycles. The van der Waals surface area contributed by atoms with Crippen LogP contribution in [0.15, 0.2) is 18.3 Å². The molecule has 0 fully saturated rings. The summed E-state index contributed by atoms with van der Waals surface area (Å²) in [6, 6.07) is 3.85. The van der Waals surface area contributed by atoms with E-state index < -0.39 is 0 Å². The molecule has 68 valence electrons. The largest absolute Gasteiger partial charge is 0.326 e. The number of halogens is 1. The standard InChI is InChI=1S/C9H10ClN3/c1-13-5-7-8(12-13)3-2-6(4-11)9(7)10/h2-3,5H,4,11H2,1H3. The molecule has 0 aliphatic heterocycles. The third kappa shape index (κ3) is 1.30. The lowest BCUT2D eigenvalue weighted by Crippen LogP contribution is -1.96. The molecule has 0 aliphatic carbocycles. The van der Waals surface area contributed by atoms with E-state index in [9.17, 15) is 0 Å².